The van der Waals surface area contributed by atoms with Gasteiger partial charge in [0.25, 0.3) is 5.91 Å². The van der Waals surface area contributed by atoms with E-state index in [0.29, 0.717) is 31.9 Å². The summed E-state index contributed by atoms with van der Waals surface area (Å²) in [4.78, 5) is 32.0. The Morgan fingerprint density at radius 3 is 2.35 bits per heavy atom. The van der Waals surface area contributed by atoms with Gasteiger partial charge in [0, 0.05) is 63.4 Å². The number of nitrogens with zero attached hydrogens (tertiary/aromatic N) is 6. The van der Waals surface area contributed by atoms with Crippen molar-refractivity contribution in [3.05, 3.63) is 42.4 Å². The number of anilines is 2. The van der Waals surface area contributed by atoms with E-state index in [9.17, 15) is 4.79 Å². The Kier molecular flexibility index (Phi) is 4.92. The van der Waals surface area contributed by atoms with Crippen LogP contribution in [-0.2, 0) is 4.74 Å². The molecule has 0 aromatic carbocycles. The van der Waals surface area contributed by atoms with E-state index in [1.165, 1.54) is 0 Å². The lowest BCUT2D eigenvalue weighted by molar-refractivity contribution is 0.0746. The van der Waals surface area contributed by atoms with Crippen molar-refractivity contribution >= 4 is 17.7 Å². The maximum atomic E-state index is 12.9. The molecule has 2 aliphatic heterocycles. The summed E-state index contributed by atoms with van der Waals surface area (Å²) in [7, 11) is 0. The average molecular weight is 354 g/mol. The first-order valence-corrected chi connectivity index (χ1v) is 8.91. The van der Waals surface area contributed by atoms with Crippen LogP contribution in [0.2, 0.25) is 0 Å². The first-order valence-electron chi connectivity index (χ1n) is 8.91. The fourth-order valence-electron chi connectivity index (χ4n) is 3.26. The number of amides is 1. The molecule has 0 N–H and O–H groups in total. The van der Waals surface area contributed by atoms with Gasteiger partial charge in [0.1, 0.15) is 5.82 Å². The monoisotopic (exact) mass is 354 g/mol. The van der Waals surface area contributed by atoms with E-state index in [0.717, 1.165) is 37.9 Å². The van der Waals surface area contributed by atoms with Gasteiger partial charge in [-0.1, -0.05) is 0 Å². The first-order chi connectivity index (χ1) is 12.8. The van der Waals surface area contributed by atoms with E-state index < -0.39 is 0 Å². The fraction of sp³-hybridized carbons (Fsp3) is 0.444. The molecule has 136 valence electrons. The molecule has 2 fully saturated rings. The number of carbonyl (C=O) groups excluding carboxylic acids is 1. The number of aromatic nitrogens is 3. The van der Waals surface area contributed by atoms with Gasteiger partial charge in [0.15, 0.2) is 0 Å². The van der Waals surface area contributed by atoms with Crippen LogP contribution in [0.3, 0.4) is 0 Å². The molecule has 2 saturated heterocycles. The minimum atomic E-state index is 0.0514. The van der Waals surface area contributed by atoms with Gasteiger partial charge in [-0.25, -0.2) is 15.0 Å². The highest BCUT2D eigenvalue weighted by molar-refractivity contribution is 5.95. The number of carbonyl (C=O) groups is 1. The minimum Gasteiger partial charge on any atom is -0.378 e. The van der Waals surface area contributed by atoms with Crippen molar-refractivity contribution in [3.63, 3.8) is 0 Å². The lowest BCUT2D eigenvalue weighted by atomic mass is 10.2. The maximum absolute atomic E-state index is 12.9. The van der Waals surface area contributed by atoms with Gasteiger partial charge in [-0.2, -0.15) is 0 Å². The lowest BCUT2D eigenvalue weighted by Crippen LogP contribution is -2.49. The van der Waals surface area contributed by atoms with Crippen LogP contribution < -0.4 is 9.80 Å². The molecule has 0 radical (unpaired) electrons. The van der Waals surface area contributed by atoms with Crippen molar-refractivity contribution in [1.29, 1.82) is 0 Å². The molecule has 2 aromatic rings. The molecule has 4 heterocycles. The number of rotatable bonds is 3. The van der Waals surface area contributed by atoms with Crippen LogP contribution in [0.25, 0.3) is 0 Å². The van der Waals surface area contributed by atoms with Crippen molar-refractivity contribution in [2.45, 2.75) is 0 Å². The zero-order valence-corrected chi connectivity index (χ0v) is 14.6. The summed E-state index contributed by atoms with van der Waals surface area (Å²) in [5, 5.41) is 0. The van der Waals surface area contributed by atoms with Crippen LogP contribution in [0.5, 0.6) is 0 Å². The van der Waals surface area contributed by atoms with Crippen LogP contribution in [0.15, 0.2) is 36.8 Å². The van der Waals surface area contributed by atoms with Gasteiger partial charge in [-0.3, -0.25) is 4.79 Å². The summed E-state index contributed by atoms with van der Waals surface area (Å²) in [6, 6.07) is 5.48. The molecule has 4 rings (SSSR count). The van der Waals surface area contributed by atoms with E-state index in [-0.39, 0.29) is 5.91 Å². The van der Waals surface area contributed by atoms with Crippen molar-refractivity contribution in [3.8, 4) is 0 Å². The Labute approximate surface area is 152 Å². The topological polar surface area (TPSA) is 74.7 Å². The summed E-state index contributed by atoms with van der Waals surface area (Å²) >= 11 is 0. The molecule has 1 amide bonds. The normalized spacial score (nSPS) is 18.1. The highest BCUT2D eigenvalue weighted by Gasteiger charge is 2.24. The van der Waals surface area contributed by atoms with Gasteiger partial charge in [-0.15, -0.1) is 0 Å². The Hall–Kier alpha value is -2.74. The minimum absolute atomic E-state index is 0.0514. The van der Waals surface area contributed by atoms with Gasteiger partial charge in [0.05, 0.1) is 13.2 Å². The van der Waals surface area contributed by atoms with E-state index in [1.54, 1.807) is 30.7 Å². The third-order valence-electron chi connectivity index (χ3n) is 4.73. The maximum Gasteiger partial charge on any atom is 0.254 e. The number of hydrogen-bond donors (Lipinski definition) is 0. The Balaban J connectivity index is 1.40. The number of hydrogen-bond acceptors (Lipinski definition) is 7. The van der Waals surface area contributed by atoms with Crippen LogP contribution in [-0.4, -0.2) is 78.2 Å². The van der Waals surface area contributed by atoms with Crippen LogP contribution in [0.1, 0.15) is 10.4 Å². The van der Waals surface area contributed by atoms with Crippen LogP contribution in [0, 0.1) is 0 Å². The van der Waals surface area contributed by atoms with Gasteiger partial charge in [0.2, 0.25) is 5.95 Å². The second-order valence-corrected chi connectivity index (χ2v) is 6.33. The molecule has 8 nitrogen and oxygen atoms in total. The zero-order chi connectivity index (χ0) is 17.8. The molecule has 2 aromatic heterocycles. The predicted octanol–water partition coefficient (Wildman–Crippen LogP) is 0.671. The quantitative estimate of drug-likeness (QED) is 0.802. The third kappa shape index (κ3) is 3.60. The van der Waals surface area contributed by atoms with Gasteiger partial charge < -0.3 is 19.4 Å². The van der Waals surface area contributed by atoms with Crippen LogP contribution in [0.4, 0.5) is 11.8 Å². The smallest absolute Gasteiger partial charge is 0.254 e. The molecule has 0 atom stereocenters. The SMILES string of the molecule is O=C(c1ccnc(N2CCOCC2)c1)N1CCN(c2ncccn2)CC1. The molecule has 0 unspecified atom stereocenters. The molecule has 2 aliphatic rings. The van der Waals surface area contributed by atoms with E-state index in [1.807, 2.05) is 11.0 Å². The molecule has 0 aliphatic carbocycles. The third-order valence-corrected chi connectivity index (χ3v) is 4.73. The highest BCUT2D eigenvalue weighted by Crippen LogP contribution is 2.17. The Morgan fingerprint density at radius 1 is 0.885 bits per heavy atom. The number of ether oxygens (including phenoxy) is 1. The predicted molar refractivity (Wildman–Crippen MR) is 97.4 cm³/mol. The Bertz CT molecular complexity index is 742. The van der Waals surface area contributed by atoms with Gasteiger partial charge >= 0.3 is 0 Å². The first kappa shape index (κ1) is 16.7. The zero-order valence-electron chi connectivity index (χ0n) is 14.6. The lowest BCUT2D eigenvalue weighted by Gasteiger charge is -2.35. The van der Waals surface area contributed by atoms with E-state index >= 15 is 0 Å². The second kappa shape index (κ2) is 7.65. The Morgan fingerprint density at radius 2 is 1.62 bits per heavy atom. The van der Waals surface area contributed by atoms with Gasteiger partial charge in [-0.05, 0) is 18.2 Å². The van der Waals surface area contributed by atoms with Crippen molar-refractivity contribution in [1.82, 2.24) is 19.9 Å². The molecule has 0 bridgehead atoms. The van der Waals surface area contributed by atoms with Crippen LogP contribution >= 0.6 is 0 Å². The van der Waals surface area contributed by atoms with E-state index in [2.05, 4.69) is 24.8 Å². The fourth-order valence-corrected chi connectivity index (χ4v) is 3.26. The summed E-state index contributed by atoms with van der Waals surface area (Å²) in [6.45, 7) is 5.79. The average Bonchev–Trinajstić information content (AvgIpc) is 2.75. The second-order valence-electron chi connectivity index (χ2n) is 6.33. The summed E-state index contributed by atoms with van der Waals surface area (Å²) < 4.78 is 5.38. The van der Waals surface area contributed by atoms with Crippen molar-refractivity contribution < 1.29 is 9.53 Å². The molecule has 0 spiro atoms. The number of morpholine rings is 1. The summed E-state index contributed by atoms with van der Waals surface area (Å²) in [5.41, 5.74) is 0.686. The van der Waals surface area contributed by atoms with Crippen molar-refractivity contribution in [2.24, 2.45) is 0 Å². The standard InChI is InChI=1S/C18H22N6O2/c25-17(15-2-5-19-16(14-15)22-10-12-26-13-11-22)23-6-8-24(9-7-23)18-20-3-1-4-21-18/h1-5,14H,6-13H2. The number of piperazine rings is 1. The molecule has 8 heteroatoms. The molecule has 26 heavy (non-hydrogen) atoms. The molecule has 0 saturated carbocycles. The van der Waals surface area contributed by atoms with E-state index in [4.69, 9.17) is 4.74 Å². The molecular formula is C18H22N6O2. The van der Waals surface area contributed by atoms with Crippen molar-refractivity contribution in [2.75, 3.05) is 62.3 Å². The summed E-state index contributed by atoms with van der Waals surface area (Å²) in [6.07, 6.45) is 5.19. The molecular weight excluding hydrogens is 332 g/mol. The largest absolute Gasteiger partial charge is 0.378 e. The number of pyridine rings is 1. The highest BCUT2D eigenvalue weighted by atomic mass is 16.5. The summed E-state index contributed by atoms with van der Waals surface area (Å²) in [5.74, 6) is 1.61.